The molecule has 0 aliphatic heterocycles. The van der Waals surface area contributed by atoms with Crippen molar-refractivity contribution < 1.29 is 18.7 Å². The molecule has 0 atom stereocenters. The minimum atomic E-state index is -0.627. The van der Waals surface area contributed by atoms with Gasteiger partial charge < -0.3 is 15.4 Å². The van der Waals surface area contributed by atoms with Crippen LogP contribution >= 0.6 is 0 Å². The van der Waals surface area contributed by atoms with E-state index in [4.69, 9.17) is 4.74 Å². The standard InChI is InChI=1S/C17H27FN4O3/c1-16(2,3)21-14(23)13-9-20-22(11-13)10-12(7-18)8-19-15(24)25-17(4,5)6/h7,9,11H,8,10H2,1-6H3,(H,19,24)(H,21,23). The van der Waals surface area contributed by atoms with Gasteiger partial charge >= 0.3 is 6.09 Å². The topological polar surface area (TPSA) is 85.3 Å². The second-order valence-electron chi connectivity index (χ2n) is 7.75. The number of carbonyl (C=O) groups is 2. The quantitative estimate of drug-likeness (QED) is 0.851. The Kier molecular flexibility index (Phi) is 6.72. The fourth-order valence-corrected chi connectivity index (χ4v) is 1.82. The summed E-state index contributed by atoms with van der Waals surface area (Å²) < 4.78 is 19.6. The molecule has 1 heterocycles. The molecule has 0 saturated carbocycles. The molecule has 140 valence electrons. The first-order valence-electron chi connectivity index (χ1n) is 7.99. The number of nitrogens with one attached hydrogen (secondary N) is 2. The van der Waals surface area contributed by atoms with Crippen LogP contribution in [0.4, 0.5) is 9.18 Å². The predicted molar refractivity (Wildman–Crippen MR) is 92.9 cm³/mol. The van der Waals surface area contributed by atoms with E-state index in [9.17, 15) is 14.0 Å². The van der Waals surface area contributed by atoms with E-state index in [1.54, 1.807) is 20.8 Å². The Balaban J connectivity index is 2.59. The molecule has 0 spiro atoms. The number of ether oxygens (including phenoxy) is 1. The van der Waals surface area contributed by atoms with E-state index in [1.165, 1.54) is 17.1 Å². The molecule has 0 radical (unpaired) electrons. The first-order valence-corrected chi connectivity index (χ1v) is 7.99. The minimum Gasteiger partial charge on any atom is -0.444 e. The molecular formula is C17H27FN4O3. The van der Waals surface area contributed by atoms with Crippen molar-refractivity contribution in [1.29, 1.82) is 0 Å². The summed E-state index contributed by atoms with van der Waals surface area (Å²) in [6.45, 7) is 10.9. The number of halogens is 1. The highest BCUT2D eigenvalue weighted by molar-refractivity contribution is 5.94. The molecule has 7 nitrogen and oxygen atoms in total. The van der Waals surface area contributed by atoms with Gasteiger partial charge in [-0.2, -0.15) is 5.10 Å². The smallest absolute Gasteiger partial charge is 0.407 e. The molecule has 0 aliphatic carbocycles. The van der Waals surface area contributed by atoms with E-state index >= 15 is 0 Å². The number of nitrogens with zero attached hydrogens (tertiary/aromatic N) is 2. The third-order valence-electron chi connectivity index (χ3n) is 2.76. The van der Waals surface area contributed by atoms with Crippen LogP contribution in [0.1, 0.15) is 51.9 Å². The van der Waals surface area contributed by atoms with Gasteiger partial charge in [0, 0.05) is 18.3 Å². The monoisotopic (exact) mass is 354 g/mol. The molecule has 1 rings (SSSR count). The molecule has 1 aromatic heterocycles. The second kappa shape index (κ2) is 8.13. The van der Waals surface area contributed by atoms with E-state index < -0.39 is 11.7 Å². The summed E-state index contributed by atoms with van der Waals surface area (Å²) >= 11 is 0. The summed E-state index contributed by atoms with van der Waals surface area (Å²) in [4.78, 5) is 23.6. The lowest BCUT2D eigenvalue weighted by molar-refractivity contribution is 0.0531. The van der Waals surface area contributed by atoms with Crippen molar-refractivity contribution in [2.24, 2.45) is 0 Å². The van der Waals surface area contributed by atoms with Crippen molar-refractivity contribution in [1.82, 2.24) is 20.4 Å². The summed E-state index contributed by atoms with van der Waals surface area (Å²) in [6, 6.07) is 0. The summed E-state index contributed by atoms with van der Waals surface area (Å²) in [5.74, 6) is -0.253. The average Bonchev–Trinajstić information content (AvgIpc) is 2.88. The van der Waals surface area contributed by atoms with Crippen molar-refractivity contribution in [3.8, 4) is 0 Å². The van der Waals surface area contributed by atoms with Crippen LogP contribution in [-0.2, 0) is 11.3 Å². The van der Waals surface area contributed by atoms with Gasteiger partial charge in [0.15, 0.2) is 0 Å². The van der Waals surface area contributed by atoms with Crippen molar-refractivity contribution in [3.63, 3.8) is 0 Å². The maximum absolute atomic E-state index is 13.0. The average molecular weight is 354 g/mol. The van der Waals surface area contributed by atoms with Crippen LogP contribution in [0.25, 0.3) is 0 Å². The van der Waals surface area contributed by atoms with Crippen LogP contribution in [-0.4, -0.2) is 39.5 Å². The van der Waals surface area contributed by atoms with Crippen LogP contribution in [0, 0.1) is 0 Å². The number of alkyl carbamates (subject to hydrolysis) is 1. The first-order chi connectivity index (χ1) is 11.4. The maximum Gasteiger partial charge on any atom is 0.407 e. The molecule has 0 unspecified atom stereocenters. The molecule has 0 aromatic carbocycles. The summed E-state index contributed by atoms with van der Waals surface area (Å²) in [6.07, 6.45) is 2.72. The fraction of sp³-hybridized carbons (Fsp3) is 0.588. The lowest BCUT2D eigenvalue weighted by atomic mass is 10.1. The van der Waals surface area contributed by atoms with Crippen molar-refractivity contribution in [2.45, 2.75) is 59.2 Å². The first kappa shape index (κ1) is 20.7. The zero-order valence-corrected chi connectivity index (χ0v) is 15.6. The Morgan fingerprint density at radius 3 is 2.44 bits per heavy atom. The lowest BCUT2D eigenvalue weighted by Gasteiger charge is -2.20. The van der Waals surface area contributed by atoms with Crippen molar-refractivity contribution in [3.05, 3.63) is 29.9 Å². The number of amides is 2. The van der Waals surface area contributed by atoms with E-state index in [0.29, 0.717) is 11.9 Å². The Labute approximate surface area is 147 Å². The van der Waals surface area contributed by atoms with E-state index in [2.05, 4.69) is 15.7 Å². The largest absolute Gasteiger partial charge is 0.444 e. The van der Waals surface area contributed by atoms with Crippen LogP contribution in [0.3, 0.4) is 0 Å². The van der Waals surface area contributed by atoms with E-state index in [-0.39, 0.29) is 30.1 Å². The highest BCUT2D eigenvalue weighted by Gasteiger charge is 2.18. The third-order valence-corrected chi connectivity index (χ3v) is 2.76. The number of carbonyl (C=O) groups excluding carboxylic acids is 2. The number of aromatic nitrogens is 2. The molecule has 25 heavy (non-hydrogen) atoms. The SMILES string of the molecule is CC(C)(C)NC(=O)c1cnn(CC(=CF)CNC(=O)OC(C)(C)C)c1. The van der Waals surface area contributed by atoms with Gasteiger partial charge in [-0.05, 0) is 47.1 Å². The Morgan fingerprint density at radius 2 is 1.92 bits per heavy atom. The summed E-state index contributed by atoms with van der Waals surface area (Å²) in [5, 5.41) is 9.35. The third kappa shape index (κ3) is 8.32. The van der Waals surface area contributed by atoms with E-state index in [1.807, 2.05) is 20.8 Å². The maximum atomic E-state index is 13.0. The number of hydrogen-bond acceptors (Lipinski definition) is 4. The van der Waals surface area contributed by atoms with Gasteiger partial charge in [-0.15, -0.1) is 0 Å². The molecule has 8 heteroatoms. The van der Waals surface area contributed by atoms with Crippen molar-refractivity contribution >= 4 is 12.0 Å². The zero-order chi connectivity index (χ0) is 19.3. The predicted octanol–water partition coefficient (Wildman–Crippen LogP) is 2.79. The highest BCUT2D eigenvalue weighted by atomic mass is 19.1. The van der Waals surface area contributed by atoms with Crippen LogP contribution in [0.15, 0.2) is 24.3 Å². The van der Waals surface area contributed by atoms with Gasteiger partial charge in [0.05, 0.1) is 24.6 Å². The van der Waals surface area contributed by atoms with Gasteiger partial charge in [-0.3, -0.25) is 9.48 Å². The number of rotatable bonds is 5. The zero-order valence-electron chi connectivity index (χ0n) is 15.6. The van der Waals surface area contributed by atoms with Gasteiger partial charge in [0.2, 0.25) is 0 Å². The molecule has 0 fully saturated rings. The van der Waals surface area contributed by atoms with Gasteiger partial charge in [-0.1, -0.05) is 0 Å². The summed E-state index contributed by atoms with van der Waals surface area (Å²) in [5.41, 5.74) is -0.313. The highest BCUT2D eigenvalue weighted by Crippen LogP contribution is 2.08. The summed E-state index contributed by atoms with van der Waals surface area (Å²) in [7, 11) is 0. The van der Waals surface area contributed by atoms with Gasteiger partial charge in [0.25, 0.3) is 5.91 Å². The Hall–Kier alpha value is -2.38. The van der Waals surface area contributed by atoms with Crippen LogP contribution in [0.2, 0.25) is 0 Å². The normalized spacial score (nSPS) is 12.7. The van der Waals surface area contributed by atoms with E-state index in [0.717, 1.165) is 0 Å². The molecule has 1 aromatic rings. The lowest BCUT2D eigenvalue weighted by Crippen LogP contribution is -2.40. The number of hydrogen-bond donors (Lipinski definition) is 2. The fourth-order valence-electron chi connectivity index (χ4n) is 1.82. The molecule has 0 aliphatic rings. The molecule has 0 bridgehead atoms. The molecule has 0 saturated heterocycles. The van der Waals surface area contributed by atoms with Gasteiger partial charge in [-0.25, -0.2) is 9.18 Å². The van der Waals surface area contributed by atoms with Crippen molar-refractivity contribution in [2.75, 3.05) is 6.54 Å². The molecular weight excluding hydrogens is 327 g/mol. The van der Waals surface area contributed by atoms with Gasteiger partial charge in [0.1, 0.15) is 5.60 Å². The van der Waals surface area contributed by atoms with Crippen LogP contribution < -0.4 is 10.6 Å². The minimum absolute atomic E-state index is 0.0191. The second-order valence-corrected chi connectivity index (χ2v) is 7.75. The molecule has 2 N–H and O–H groups in total. The van der Waals surface area contributed by atoms with Crippen LogP contribution in [0.5, 0.6) is 0 Å². The Morgan fingerprint density at radius 1 is 1.28 bits per heavy atom. The Bertz CT molecular complexity index is 639. The molecule has 2 amide bonds.